The number of amides is 2. The third-order valence-electron chi connectivity index (χ3n) is 6.19. The van der Waals surface area contributed by atoms with Gasteiger partial charge >= 0.3 is 11.8 Å². The average Bonchev–Trinajstić information content (AvgIpc) is 3.10. The highest BCUT2D eigenvalue weighted by atomic mass is 16.6. The Hall–Kier alpha value is -3.88. The zero-order valence-corrected chi connectivity index (χ0v) is 18.9. The van der Waals surface area contributed by atoms with Crippen molar-refractivity contribution in [2.45, 2.75) is 45.2 Å². The molecule has 2 aromatic carbocycles. The lowest BCUT2D eigenvalue weighted by Gasteiger charge is -2.21. The second-order valence-corrected chi connectivity index (χ2v) is 8.58. The standard InChI is InChI=1S/C25H26N4O5/c1-15(16-6-9-20-21(13-16)34-12-11-33-20)26-23(30)24(31)27-17-7-8-19-18(14-17)25(32)29-10-4-2-3-5-22(29)28-19/h6-9,13-15H,2-5,10-12H2,1H3,(H,26,30)(H,27,31)/t15-/m1/s1. The first-order valence-corrected chi connectivity index (χ1v) is 11.5. The zero-order valence-electron chi connectivity index (χ0n) is 18.9. The van der Waals surface area contributed by atoms with Gasteiger partial charge in [-0.1, -0.05) is 12.5 Å². The number of ether oxygens (including phenoxy) is 2. The minimum absolute atomic E-state index is 0.116. The van der Waals surface area contributed by atoms with Crippen LogP contribution in [-0.2, 0) is 22.6 Å². The number of carbonyl (C=O) groups is 2. The van der Waals surface area contributed by atoms with Crippen LogP contribution < -0.4 is 25.7 Å². The van der Waals surface area contributed by atoms with E-state index in [0.717, 1.165) is 37.1 Å². The molecule has 2 amide bonds. The number of benzene rings is 2. The number of aryl methyl sites for hydroxylation is 1. The van der Waals surface area contributed by atoms with E-state index in [1.165, 1.54) is 0 Å². The van der Waals surface area contributed by atoms with E-state index in [1.54, 1.807) is 41.8 Å². The van der Waals surface area contributed by atoms with Crippen molar-refractivity contribution in [1.82, 2.24) is 14.9 Å². The summed E-state index contributed by atoms with van der Waals surface area (Å²) in [5, 5.41) is 5.71. The van der Waals surface area contributed by atoms with Gasteiger partial charge in [0.1, 0.15) is 19.0 Å². The highest BCUT2D eigenvalue weighted by Gasteiger charge is 2.20. The highest BCUT2D eigenvalue weighted by Crippen LogP contribution is 2.32. The number of hydrogen-bond acceptors (Lipinski definition) is 6. The maximum absolute atomic E-state index is 13.0. The fraction of sp³-hybridized carbons (Fsp3) is 0.360. The maximum Gasteiger partial charge on any atom is 0.313 e. The van der Waals surface area contributed by atoms with E-state index >= 15 is 0 Å². The molecule has 0 aliphatic carbocycles. The molecule has 0 radical (unpaired) electrons. The second-order valence-electron chi connectivity index (χ2n) is 8.58. The van der Waals surface area contributed by atoms with Crippen molar-refractivity contribution < 1.29 is 19.1 Å². The number of nitrogens with zero attached hydrogens (tertiary/aromatic N) is 2. The molecular weight excluding hydrogens is 436 g/mol. The molecule has 5 rings (SSSR count). The van der Waals surface area contributed by atoms with Gasteiger partial charge in [0.15, 0.2) is 11.5 Å². The summed E-state index contributed by atoms with van der Waals surface area (Å²) in [6.45, 7) is 3.39. The fourth-order valence-corrected chi connectivity index (χ4v) is 4.36. The third kappa shape index (κ3) is 4.33. The van der Waals surface area contributed by atoms with Crippen LogP contribution in [0, 0.1) is 0 Å². The summed E-state index contributed by atoms with van der Waals surface area (Å²) < 4.78 is 12.8. The molecule has 2 aliphatic heterocycles. The minimum atomic E-state index is -0.813. The second kappa shape index (κ2) is 9.17. The monoisotopic (exact) mass is 462 g/mol. The van der Waals surface area contributed by atoms with E-state index in [2.05, 4.69) is 15.6 Å². The lowest BCUT2D eigenvalue weighted by atomic mass is 10.1. The Bertz CT molecular complexity index is 1330. The van der Waals surface area contributed by atoms with Crippen LogP contribution in [0.4, 0.5) is 5.69 Å². The van der Waals surface area contributed by atoms with Crippen LogP contribution in [0.3, 0.4) is 0 Å². The quantitative estimate of drug-likeness (QED) is 0.579. The van der Waals surface area contributed by atoms with E-state index in [4.69, 9.17) is 9.47 Å². The van der Waals surface area contributed by atoms with Crippen molar-refractivity contribution in [2.75, 3.05) is 18.5 Å². The Morgan fingerprint density at radius 3 is 2.68 bits per heavy atom. The number of anilines is 1. The van der Waals surface area contributed by atoms with Crippen LogP contribution in [0.1, 0.15) is 43.6 Å². The molecule has 176 valence electrons. The summed E-state index contributed by atoms with van der Waals surface area (Å²) in [5.74, 6) is 0.484. The Balaban J connectivity index is 1.29. The topological polar surface area (TPSA) is 112 Å². The summed E-state index contributed by atoms with van der Waals surface area (Å²) in [5.41, 5.74) is 1.63. The number of hydrogen-bond donors (Lipinski definition) is 2. The van der Waals surface area contributed by atoms with Gasteiger partial charge < -0.3 is 20.1 Å². The normalized spacial score (nSPS) is 15.7. The van der Waals surface area contributed by atoms with Gasteiger partial charge in [-0.05, 0) is 55.7 Å². The molecule has 0 bridgehead atoms. The molecule has 2 aliphatic rings. The van der Waals surface area contributed by atoms with Crippen LogP contribution in [0.2, 0.25) is 0 Å². The Morgan fingerprint density at radius 2 is 1.82 bits per heavy atom. The molecule has 9 nitrogen and oxygen atoms in total. The molecule has 2 N–H and O–H groups in total. The average molecular weight is 463 g/mol. The molecule has 0 spiro atoms. The predicted octanol–water partition coefficient (Wildman–Crippen LogP) is 2.71. The van der Waals surface area contributed by atoms with Gasteiger partial charge in [0, 0.05) is 18.7 Å². The molecule has 0 fully saturated rings. The van der Waals surface area contributed by atoms with Crippen LogP contribution >= 0.6 is 0 Å². The summed E-state index contributed by atoms with van der Waals surface area (Å²) in [4.78, 5) is 42.7. The Labute approximate surface area is 196 Å². The smallest absolute Gasteiger partial charge is 0.313 e. The van der Waals surface area contributed by atoms with Gasteiger partial charge in [0.05, 0.1) is 16.9 Å². The van der Waals surface area contributed by atoms with Crippen molar-refractivity contribution >= 4 is 28.4 Å². The highest BCUT2D eigenvalue weighted by molar-refractivity contribution is 6.39. The predicted molar refractivity (Wildman–Crippen MR) is 126 cm³/mol. The zero-order chi connectivity index (χ0) is 23.7. The van der Waals surface area contributed by atoms with Crippen LogP contribution in [-0.4, -0.2) is 34.6 Å². The van der Waals surface area contributed by atoms with E-state index in [1.807, 2.05) is 6.07 Å². The van der Waals surface area contributed by atoms with Crippen molar-refractivity contribution in [2.24, 2.45) is 0 Å². The summed E-state index contributed by atoms with van der Waals surface area (Å²) in [6, 6.07) is 9.92. The third-order valence-corrected chi connectivity index (χ3v) is 6.19. The first-order chi connectivity index (χ1) is 16.5. The molecule has 9 heteroatoms. The lowest BCUT2D eigenvalue weighted by molar-refractivity contribution is -0.136. The minimum Gasteiger partial charge on any atom is -0.486 e. The van der Waals surface area contributed by atoms with E-state index in [0.29, 0.717) is 47.8 Å². The molecule has 1 aromatic heterocycles. The van der Waals surface area contributed by atoms with Crippen molar-refractivity contribution in [3.63, 3.8) is 0 Å². The summed E-state index contributed by atoms with van der Waals surface area (Å²) >= 11 is 0. The fourth-order valence-electron chi connectivity index (χ4n) is 4.36. The van der Waals surface area contributed by atoms with E-state index in [-0.39, 0.29) is 5.56 Å². The van der Waals surface area contributed by atoms with Gasteiger partial charge in [-0.2, -0.15) is 0 Å². The number of nitrogens with one attached hydrogen (secondary N) is 2. The molecular formula is C25H26N4O5. The molecule has 3 heterocycles. The molecule has 0 unspecified atom stereocenters. The first kappa shape index (κ1) is 21.9. The van der Waals surface area contributed by atoms with Crippen molar-refractivity contribution in [3.05, 3.63) is 58.1 Å². The molecule has 0 saturated heterocycles. The molecule has 0 saturated carbocycles. The van der Waals surface area contributed by atoms with Crippen LogP contribution in [0.15, 0.2) is 41.2 Å². The van der Waals surface area contributed by atoms with E-state index < -0.39 is 17.9 Å². The number of rotatable bonds is 3. The SMILES string of the molecule is C[C@@H](NC(=O)C(=O)Nc1ccc2nc3n(c(=O)c2c1)CCCCC3)c1ccc2c(c1)OCCO2. The molecule has 34 heavy (non-hydrogen) atoms. The van der Waals surface area contributed by atoms with Gasteiger partial charge in [0.2, 0.25) is 0 Å². The number of carbonyl (C=O) groups excluding carboxylic acids is 2. The maximum atomic E-state index is 13.0. The number of fused-ring (bicyclic) bond motifs is 3. The lowest BCUT2D eigenvalue weighted by Crippen LogP contribution is -2.37. The number of aromatic nitrogens is 2. The summed E-state index contributed by atoms with van der Waals surface area (Å²) in [6.07, 6.45) is 3.82. The van der Waals surface area contributed by atoms with Crippen molar-refractivity contribution in [3.8, 4) is 11.5 Å². The van der Waals surface area contributed by atoms with Gasteiger partial charge in [-0.3, -0.25) is 19.0 Å². The van der Waals surface area contributed by atoms with Crippen LogP contribution in [0.25, 0.3) is 10.9 Å². The van der Waals surface area contributed by atoms with Crippen molar-refractivity contribution in [1.29, 1.82) is 0 Å². The first-order valence-electron chi connectivity index (χ1n) is 11.5. The van der Waals surface area contributed by atoms with Crippen LogP contribution in [0.5, 0.6) is 11.5 Å². The van der Waals surface area contributed by atoms with Gasteiger partial charge in [-0.15, -0.1) is 0 Å². The van der Waals surface area contributed by atoms with Gasteiger partial charge in [-0.25, -0.2) is 4.98 Å². The molecule has 3 aromatic rings. The Kier molecular flexibility index (Phi) is 5.91. The summed E-state index contributed by atoms with van der Waals surface area (Å²) in [7, 11) is 0. The largest absolute Gasteiger partial charge is 0.486 e. The Morgan fingerprint density at radius 1 is 1.00 bits per heavy atom. The van der Waals surface area contributed by atoms with Gasteiger partial charge in [0.25, 0.3) is 5.56 Å². The van der Waals surface area contributed by atoms with E-state index in [9.17, 15) is 14.4 Å². The molecule has 1 atom stereocenters.